The molecule has 0 fully saturated rings. The second-order valence-electron chi connectivity index (χ2n) is 7.07. The second kappa shape index (κ2) is 9.82. The zero-order chi connectivity index (χ0) is 21.5. The SMILES string of the molecule is CC1=C(C(=O)OCCOc2ccccc2)[C@@H](c2ccccc2OC(C)C)NC(=O)N1. The van der Waals surface area contributed by atoms with Crippen LogP contribution in [0.5, 0.6) is 11.5 Å². The molecule has 7 heteroatoms. The third-order valence-electron chi connectivity index (χ3n) is 4.41. The molecule has 1 aliphatic rings. The van der Waals surface area contributed by atoms with Gasteiger partial charge in [0.2, 0.25) is 0 Å². The van der Waals surface area contributed by atoms with Crippen molar-refractivity contribution in [2.45, 2.75) is 32.9 Å². The molecule has 2 aromatic carbocycles. The van der Waals surface area contributed by atoms with Gasteiger partial charge in [-0.15, -0.1) is 0 Å². The molecule has 0 saturated heterocycles. The fourth-order valence-electron chi connectivity index (χ4n) is 3.17. The largest absolute Gasteiger partial charge is 0.491 e. The Morgan fingerprint density at radius 3 is 2.47 bits per heavy atom. The Hall–Kier alpha value is -3.48. The average Bonchev–Trinajstić information content (AvgIpc) is 2.71. The van der Waals surface area contributed by atoms with Gasteiger partial charge in [0.25, 0.3) is 0 Å². The first-order valence-corrected chi connectivity index (χ1v) is 9.84. The Morgan fingerprint density at radius 2 is 1.73 bits per heavy atom. The third kappa shape index (κ3) is 5.31. The first-order chi connectivity index (χ1) is 14.5. The van der Waals surface area contributed by atoms with Gasteiger partial charge >= 0.3 is 12.0 Å². The van der Waals surface area contributed by atoms with Crippen LogP contribution in [0.15, 0.2) is 65.9 Å². The summed E-state index contributed by atoms with van der Waals surface area (Å²) >= 11 is 0. The van der Waals surface area contributed by atoms with E-state index >= 15 is 0 Å². The average molecular weight is 410 g/mol. The van der Waals surface area contributed by atoms with Crippen LogP contribution in [0.1, 0.15) is 32.4 Å². The van der Waals surface area contributed by atoms with Gasteiger partial charge in [0, 0.05) is 11.3 Å². The molecule has 0 aliphatic carbocycles. The molecule has 0 saturated carbocycles. The van der Waals surface area contributed by atoms with E-state index in [1.54, 1.807) is 6.92 Å². The van der Waals surface area contributed by atoms with Crippen LogP contribution in [-0.2, 0) is 9.53 Å². The van der Waals surface area contributed by atoms with E-state index in [0.717, 1.165) is 0 Å². The molecule has 1 heterocycles. The zero-order valence-electron chi connectivity index (χ0n) is 17.3. The van der Waals surface area contributed by atoms with Crippen molar-refractivity contribution in [3.63, 3.8) is 0 Å². The number of amides is 2. The van der Waals surface area contributed by atoms with Crippen molar-refractivity contribution in [3.05, 3.63) is 71.4 Å². The molecule has 30 heavy (non-hydrogen) atoms. The maximum absolute atomic E-state index is 12.9. The first kappa shape index (κ1) is 21.2. The standard InChI is InChI=1S/C23H26N2O5/c1-15(2)30-19-12-8-7-11-18(19)21-20(16(3)24-23(27)25-21)22(26)29-14-13-28-17-9-5-4-6-10-17/h4-12,15,21H,13-14H2,1-3H3,(H2,24,25,27)/t21-/m1/s1. The fraction of sp³-hybridized carbons (Fsp3) is 0.304. The zero-order valence-corrected chi connectivity index (χ0v) is 17.3. The van der Waals surface area contributed by atoms with Crippen molar-refractivity contribution in [2.24, 2.45) is 0 Å². The Labute approximate surface area is 176 Å². The van der Waals surface area contributed by atoms with Crippen LogP contribution in [0.4, 0.5) is 4.79 Å². The van der Waals surface area contributed by atoms with Gasteiger partial charge in [-0.2, -0.15) is 0 Å². The van der Waals surface area contributed by atoms with Gasteiger partial charge in [-0.3, -0.25) is 0 Å². The molecule has 2 N–H and O–H groups in total. The first-order valence-electron chi connectivity index (χ1n) is 9.84. The monoisotopic (exact) mass is 410 g/mol. The number of hydrogen-bond donors (Lipinski definition) is 2. The van der Waals surface area contributed by atoms with Gasteiger partial charge in [0.15, 0.2) is 0 Å². The summed E-state index contributed by atoms with van der Waals surface area (Å²) in [7, 11) is 0. The summed E-state index contributed by atoms with van der Waals surface area (Å²) in [5.74, 6) is 0.777. The number of hydrogen-bond acceptors (Lipinski definition) is 5. The quantitative estimate of drug-likeness (QED) is 0.512. The van der Waals surface area contributed by atoms with Gasteiger partial charge in [0.05, 0.1) is 17.7 Å². The predicted molar refractivity (Wildman–Crippen MR) is 112 cm³/mol. The van der Waals surface area contributed by atoms with Crippen LogP contribution < -0.4 is 20.1 Å². The summed E-state index contributed by atoms with van der Waals surface area (Å²) in [5, 5.41) is 5.45. The minimum Gasteiger partial charge on any atom is -0.491 e. The molecule has 2 aromatic rings. The molecule has 0 spiro atoms. The van der Waals surface area contributed by atoms with Crippen LogP contribution in [0.2, 0.25) is 0 Å². The van der Waals surface area contributed by atoms with E-state index in [1.807, 2.05) is 68.4 Å². The van der Waals surface area contributed by atoms with Gasteiger partial charge < -0.3 is 24.8 Å². The second-order valence-corrected chi connectivity index (χ2v) is 7.07. The van der Waals surface area contributed by atoms with Gasteiger partial charge in [-0.05, 0) is 39.0 Å². The number of ether oxygens (including phenoxy) is 3. The molecule has 0 radical (unpaired) electrons. The van der Waals surface area contributed by atoms with Crippen molar-refractivity contribution in [1.29, 1.82) is 0 Å². The highest BCUT2D eigenvalue weighted by Gasteiger charge is 2.34. The van der Waals surface area contributed by atoms with Crippen LogP contribution >= 0.6 is 0 Å². The molecule has 2 amide bonds. The lowest BCUT2D eigenvalue weighted by Gasteiger charge is -2.29. The maximum Gasteiger partial charge on any atom is 0.338 e. The molecule has 1 aliphatic heterocycles. The number of carbonyl (C=O) groups is 2. The van der Waals surface area contributed by atoms with E-state index in [0.29, 0.717) is 28.3 Å². The number of benzene rings is 2. The van der Waals surface area contributed by atoms with E-state index in [-0.39, 0.29) is 25.3 Å². The summed E-state index contributed by atoms with van der Waals surface area (Å²) < 4.78 is 16.9. The number of nitrogens with one attached hydrogen (secondary N) is 2. The normalized spacial score (nSPS) is 16.0. The molecule has 1 atom stereocenters. The van der Waals surface area contributed by atoms with Crippen molar-refractivity contribution < 1.29 is 23.8 Å². The van der Waals surface area contributed by atoms with Crippen LogP contribution in [0.25, 0.3) is 0 Å². The lowest BCUT2D eigenvalue weighted by Crippen LogP contribution is -2.45. The summed E-state index contributed by atoms with van der Waals surface area (Å²) in [6.45, 7) is 5.81. The molecule has 0 unspecified atom stereocenters. The van der Waals surface area contributed by atoms with E-state index < -0.39 is 12.0 Å². The number of urea groups is 1. The lowest BCUT2D eigenvalue weighted by molar-refractivity contribution is -0.140. The Morgan fingerprint density at radius 1 is 1.03 bits per heavy atom. The highest BCUT2D eigenvalue weighted by molar-refractivity contribution is 5.95. The Kier molecular flexibility index (Phi) is 6.95. The molecule has 0 aromatic heterocycles. The summed E-state index contributed by atoms with van der Waals surface area (Å²) in [5.41, 5.74) is 1.46. The summed E-state index contributed by atoms with van der Waals surface area (Å²) in [6, 6.07) is 15.5. The van der Waals surface area contributed by atoms with Crippen LogP contribution in [0, 0.1) is 0 Å². The Balaban J connectivity index is 1.74. The highest BCUT2D eigenvalue weighted by Crippen LogP contribution is 2.34. The molecular weight excluding hydrogens is 384 g/mol. The number of rotatable bonds is 8. The highest BCUT2D eigenvalue weighted by atomic mass is 16.6. The topological polar surface area (TPSA) is 85.9 Å². The van der Waals surface area contributed by atoms with Crippen molar-refractivity contribution in [3.8, 4) is 11.5 Å². The molecule has 158 valence electrons. The fourth-order valence-corrected chi connectivity index (χ4v) is 3.17. The van der Waals surface area contributed by atoms with Crippen molar-refractivity contribution >= 4 is 12.0 Å². The summed E-state index contributed by atoms with van der Waals surface area (Å²) in [4.78, 5) is 25.0. The maximum atomic E-state index is 12.9. The number of esters is 1. The molecular formula is C23H26N2O5. The van der Waals surface area contributed by atoms with E-state index in [2.05, 4.69) is 10.6 Å². The predicted octanol–water partition coefficient (Wildman–Crippen LogP) is 3.72. The Bertz CT molecular complexity index is 924. The summed E-state index contributed by atoms with van der Waals surface area (Å²) in [6.07, 6.45) is -0.0563. The van der Waals surface area contributed by atoms with Gasteiger partial charge in [-0.25, -0.2) is 9.59 Å². The van der Waals surface area contributed by atoms with Gasteiger partial charge in [0.1, 0.15) is 24.7 Å². The number of allylic oxidation sites excluding steroid dienone is 1. The third-order valence-corrected chi connectivity index (χ3v) is 4.41. The smallest absolute Gasteiger partial charge is 0.338 e. The number of para-hydroxylation sites is 2. The lowest BCUT2D eigenvalue weighted by atomic mass is 9.95. The van der Waals surface area contributed by atoms with Crippen molar-refractivity contribution in [2.75, 3.05) is 13.2 Å². The van der Waals surface area contributed by atoms with Crippen molar-refractivity contribution in [1.82, 2.24) is 10.6 Å². The minimum absolute atomic E-state index is 0.0563. The van der Waals surface area contributed by atoms with Crippen LogP contribution in [0.3, 0.4) is 0 Å². The molecule has 7 nitrogen and oxygen atoms in total. The minimum atomic E-state index is -0.684. The molecule has 0 bridgehead atoms. The van der Waals surface area contributed by atoms with E-state index in [4.69, 9.17) is 14.2 Å². The van der Waals surface area contributed by atoms with E-state index in [9.17, 15) is 9.59 Å². The van der Waals surface area contributed by atoms with E-state index in [1.165, 1.54) is 0 Å². The molecule has 3 rings (SSSR count). The number of carbonyl (C=O) groups excluding carboxylic acids is 2. The van der Waals surface area contributed by atoms with Gasteiger partial charge in [-0.1, -0.05) is 36.4 Å². The van der Waals surface area contributed by atoms with Crippen LogP contribution in [-0.4, -0.2) is 31.3 Å².